The molecule has 8 rings (SSSR count). The van der Waals surface area contributed by atoms with Gasteiger partial charge in [-0.2, -0.15) is 0 Å². The first-order chi connectivity index (χ1) is 17.6. The van der Waals surface area contributed by atoms with Crippen LogP contribution in [0.25, 0.3) is 66.1 Å². The lowest BCUT2D eigenvalue weighted by Crippen LogP contribution is -2.15. The maximum atomic E-state index is 6.48. The highest BCUT2D eigenvalue weighted by Gasteiger charge is 2.40. The summed E-state index contributed by atoms with van der Waals surface area (Å²) in [4.78, 5) is 9.94. The lowest BCUT2D eigenvalue weighted by atomic mass is 9.81. The van der Waals surface area contributed by atoms with Crippen LogP contribution in [0, 0.1) is 0 Å². The zero-order valence-corrected chi connectivity index (χ0v) is 20.0. The summed E-state index contributed by atoms with van der Waals surface area (Å²) in [6, 6.07) is 31.9. The number of hydrogen-bond donors (Lipinski definition) is 0. The van der Waals surface area contributed by atoms with Crippen molar-refractivity contribution in [2.45, 2.75) is 19.3 Å². The van der Waals surface area contributed by atoms with E-state index in [1.165, 1.54) is 38.4 Å². The van der Waals surface area contributed by atoms with Crippen LogP contribution >= 0.6 is 0 Å². The molecule has 0 N–H and O–H groups in total. The third kappa shape index (κ3) is 2.47. The van der Waals surface area contributed by atoms with Crippen LogP contribution in [-0.4, -0.2) is 9.97 Å². The van der Waals surface area contributed by atoms with E-state index in [0.29, 0.717) is 0 Å². The fraction of sp³-hybridized carbons (Fsp3) is 0.0909. The molecule has 0 amide bonds. The molecule has 0 fully saturated rings. The van der Waals surface area contributed by atoms with Crippen molar-refractivity contribution < 1.29 is 4.42 Å². The van der Waals surface area contributed by atoms with Gasteiger partial charge in [0, 0.05) is 38.9 Å². The summed E-state index contributed by atoms with van der Waals surface area (Å²) in [5.74, 6) is 0.753. The number of hydrogen-bond acceptors (Lipinski definition) is 3. The molecule has 0 unspecified atom stereocenters. The normalized spacial score (nSPS) is 14.1. The van der Waals surface area contributed by atoms with Crippen LogP contribution in [0.2, 0.25) is 0 Å². The molecule has 0 saturated heterocycles. The van der Waals surface area contributed by atoms with Gasteiger partial charge in [0.15, 0.2) is 5.82 Å². The maximum absolute atomic E-state index is 6.48. The molecule has 1 aliphatic rings. The minimum absolute atomic E-state index is 0.207. The highest BCUT2D eigenvalue weighted by molar-refractivity contribution is 6.10. The molecule has 0 radical (unpaired) electrons. The van der Waals surface area contributed by atoms with E-state index < -0.39 is 0 Å². The van der Waals surface area contributed by atoms with Gasteiger partial charge in [0.05, 0.1) is 5.52 Å². The lowest BCUT2D eigenvalue weighted by molar-refractivity contribution is 0.620. The summed E-state index contributed by atoms with van der Waals surface area (Å²) in [5.41, 5.74) is 8.66. The molecule has 0 aliphatic heterocycles. The Bertz CT molecular complexity index is 2030. The minimum atomic E-state index is -0.207. The molecule has 0 atom stereocenters. The maximum Gasteiger partial charge on any atom is 0.160 e. The van der Waals surface area contributed by atoms with Crippen molar-refractivity contribution in [1.82, 2.24) is 9.97 Å². The average Bonchev–Trinajstić information content (AvgIpc) is 3.40. The topological polar surface area (TPSA) is 38.9 Å². The Labute approximate surface area is 208 Å². The van der Waals surface area contributed by atoms with Gasteiger partial charge in [-0.15, -0.1) is 0 Å². The summed E-state index contributed by atoms with van der Waals surface area (Å²) in [6.07, 6.45) is 1.98. The van der Waals surface area contributed by atoms with E-state index in [1.807, 2.05) is 12.3 Å². The molecule has 0 spiro atoms. The van der Waals surface area contributed by atoms with E-state index in [2.05, 4.69) is 98.8 Å². The van der Waals surface area contributed by atoms with Gasteiger partial charge in [-0.05, 0) is 45.7 Å². The molecular weight excluding hydrogens is 440 g/mol. The van der Waals surface area contributed by atoms with E-state index in [9.17, 15) is 0 Å². The smallest absolute Gasteiger partial charge is 0.160 e. The van der Waals surface area contributed by atoms with Gasteiger partial charge in [-0.3, -0.25) is 0 Å². The van der Waals surface area contributed by atoms with E-state index in [0.717, 1.165) is 38.8 Å². The summed E-state index contributed by atoms with van der Waals surface area (Å²) >= 11 is 0. The van der Waals surface area contributed by atoms with Crippen LogP contribution in [0.5, 0.6) is 0 Å². The van der Waals surface area contributed by atoms with Crippen molar-refractivity contribution in [2.24, 2.45) is 0 Å². The predicted molar refractivity (Wildman–Crippen MR) is 147 cm³/mol. The van der Waals surface area contributed by atoms with Crippen molar-refractivity contribution in [3.63, 3.8) is 0 Å². The number of furan rings is 1. The SMILES string of the molecule is CC1(C)c2cccc(-c3ncc4c(ccc5ccccc54)n3)c2-c2ccc3c(oc4ccccc43)c21. The predicted octanol–water partition coefficient (Wildman–Crippen LogP) is 8.66. The Morgan fingerprint density at radius 1 is 0.667 bits per heavy atom. The van der Waals surface area contributed by atoms with Crippen molar-refractivity contribution in [1.29, 1.82) is 0 Å². The first-order valence-corrected chi connectivity index (χ1v) is 12.3. The summed E-state index contributed by atoms with van der Waals surface area (Å²) in [5, 5.41) is 5.79. The summed E-state index contributed by atoms with van der Waals surface area (Å²) in [6.45, 7) is 4.59. The standard InChI is InChI=1S/C33H22N2O/c1-33(2)26-12-7-11-24(32-34-18-25-20-9-4-3-8-19(20)14-17-27(25)35-32)29(26)23-16-15-22-21-10-5-6-13-28(21)36-31(22)30(23)33/h3-18H,1-2H3. The van der Waals surface area contributed by atoms with Gasteiger partial charge in [0.2, 0.25) is 0 Å². The monoisotopic (exact) mass is 462 g/mol. The van der Waals surface area contributed by atoms with Crippen LogP contribution in [0.4, 0.5) is 0 Å². The Morgan fingerprint density at radius 3 is 2.42 bits per heavy atom. The molecule has 3 nitrogen and oxygen atoms in total. The molecule has 7 aromatic rings. The van der Waals surface area contributed by atoms with Gasteiger partial charge in [-0.25, -0.2) is 9.97 Å². The zero-order chi connectivity index (χ0) is 24.0. The van der Waals surface area contributed by atoms with Crippen LogP contribution < -0.4 is 0 Å². The number of nitrogens with zero attached hydrogens (tertiary/aromatic N) is 2. The molecule has 3 heteroatoms. The third-order valence-corrected chi connectivity index (χ3v) is 7.91. The minimum Gasteiger partial charge on any atom is -0.456 e. The second-order valence-corrected chi connectivity index (χ2v) is 10.2. The van der Waals surface area contributed by atoms with Crippen molar-refractivity contribution >= 4 is 43.6 Å². The number of aromatic nitrogens is 2. The van der Waals surface area contributed by atoms with Gasteiger partial charge in [0.1, 0.15) is 11.2 Å². The number of benzene rings is 5. The van der Waals surface area contributed by atoms with Crippen molar-refractivity contribution in [3.05, 3.63) is 108 Å². The Hall–Kier alpha value is -4.50. The zero-order valence-electron chi connectivity index (χ0n) is 20.0. The van der Waals surface area contributed by atoms with Gasteiger partial charge in [-0.1, -0.05) is 86.6 Å². The Morgan fingerprint density at radius 2 is 1.50 bits per heavy atom. The van der Waals surface area contributed by atoms with E-state index in [1.54, 1.807) is 0 Å². The molecule has 0 saturated carbocycles. The van der Waals surface area contributed by atoms with Gasteiger partial charge in [0.25, 0.3) is 0 Å². The third-order valence-electron chi connectivity index (χ3n) is 7.91. The van der Waals surface area contributed by atoms with Crippen LogP contribution in [0.15, 0.2) is 102 Å². The van der Waals surface area contributed by atoms with Crippen LogP contribution in [0.1, 0.15) is 25.0 Å². The van der Waals surface area contributed by atoms with Crippen molar-refractivity contribution in [3.8, 4) is 22.5 Å². The summed E-state index contributed by atoms with van der Waals surface area (Å²) in [7, 11) is 0. The second-order valence-electron chi connectivity index (χ2n) is 10.2. The van der Waals surface area contributed by atoms with Gasteiger partial charge >= 0.3 is 0 Å². The Balaban J connectivity index is 1.41. The highest BCUT2D eigenvalue weighted by atomic mass is 16.3. The second kappa shape index (κ2) is 6.79. The largest absolute Gasteiger partial charge is 0.456 e. The molecule has 2 heterocycles. The van der Waals surface area contributed by atoms with Crippen molar-refractivity contribution in [2.75, 3.05) is 0 Å². The fourth-order valence-electron chi connectivity index (χ4n) is 6.22. The van der Waals surface area contributed by atoms with E-state index in [-0.39, 0.29) is 5.41 Å². The van der Waals surface area contributed by atoms with Crippen LogP contribution in [-0.2, 0) is 5.41 Å². The molecule has 2 aromatic heterocycles. The van der Waals surface area contributed by atoms with E-state index in [4.69, 9.17) is 14.4 Å². The quantitative estimate of drug-likeness (QED) is 0.229. The fourth-order valence-corrected chi connectivity index (χ4v) is 6.22. The lowest BCUT2D eigenvalue weighted by Gasteiger charge is -2.21. The van der Waals surface area contributed by atoms with E-state index >= 15 is 0 Å². The number of rotatable bonds is 1. The Kier molecular flexibility index (Phi) is 3.73. The molecule has 170 valence electrons. The number of para-hydroxylation sites is 1. The number of fused-ring (bicyclic) bond motifs is 10. The van der Waals surface area contributed by atoms with Gasteiger partial charge < -0.3 is 4.42 Å². The molecule has 5 aromatic carbocycles. The van der Waals surface area contributed by atoms with Crippen LogP contribution in [0.3, 0.4) is 0 Å². The average molecular weight is 463 g/mol. The first kappa shape index (κ1) is 19.8. The first-order valence-electron chi connectivity index (χ1n) is 12.3. The molecule has 1 aliphatic carbocycles. The summed E-state index contributed by atoms with van der Waals surface area (Å²) < 4.78 is 6.48. The molecular formula is C33H22N2O. The molecule has 36 heavy (non-hydrogen) atoms. The highest BCUT2D eigenvalue weighted by Crippen LogP contribution is 2.54. The molecule has 0 bridgehead atoms.